The Morgan fingerprint density at radius 2 is 1.29 bits per heavy atom. The number of unbranched alkanes of at least 4 members (excludes halogenated alkanes) is 7. The van der Waals surface area contributed by atoms with Gasteiger partial charge in [0.2, 0.25) is 0 Å². The van der Waals surface area contributed by atoms with Gasteiger partial charge < -0.3 is 4.55 Å². The van der Waals surface area contributed by atoms with Crippen LogP contribution in [0.2, 0.25) is 0 Å². The lowest BCUT2D eigenvalue weighted by molar-refractivity contribution is -0.697. The van der Waals surface area contributed by atoms with Gasteiger partial charge in [0.25, 0.3) is 0 Å². The third kappa shape index (κ3) is 19.1. The second-order valence-corrected chi connectivity index (χ2v) is 6.70. The van der Waals surface area contributed by atoms with Crippen molar-refractivity contribution in [3.8, 4) is 0 Å². The molecule has 1 aromatic heterocycles. The maximum absolute atomic E-state index is 9.08. The van der Waals surface area contributed by atoms with E-state index in [0.717, 1.165) is 0 Å². The minimum absolute atomic E-state index is 0.604. The van der Waals surface area contributed by atoms with Gasteiger partial charge in [-0.2, -0.15) is 0 Å². The highest BCUT2D eigenvalue weighted by molar-refractivity contribution is 7.84. The molecule has 0 saturated carbocycles. The van der Waals surface area contributed by atoms with Crippen molar-refractivity contribution < 1.29 is 17.5 Å². The molecule has 5 heteroatoms. The van der Waals surface area contributed by atoms with Crippen LogP contribution in [0.4, 0.5) is 0 Å². The molecule has 0 aliphatic rings. The molecule has 0 saturated heterocycles. The lowest BCUT2D eigenvalue weighted by Gasteiger charge is -2.00. The lowest BCUT2D eigenvalue weighted by Crippen LogP contribution is -2.32. The fourth-order valence-corrected chi connectivity index (χ4v) is 2.01. The van der Waals surface area contributed by atoms with Gasteiger partial charge in [-0.15, -0.1) is 0 Å². The first-order valence-corrected chi connectivity index (χ1v) is 9.60. The second kappa shape index (κ2) is 12.8. The predicted molar refractivity (Wildman–Crippen MR) is 84.9 cm³/mol. The predicted octanol–water partition coefficient (Wildman–Crippen LogP) is 3.28. The van der Waals surface area contributed by atoms with Crippen LogP contribution in [0.5, 0.6) is 0 Å². The molecule has 0 bridgehead atoms. The molecule has 122 valence electrons. The number of aryl methyl sites for hydroxylation is 1. The molecule has 1 aromatic rings. The van der Waals surface area contributed by atoms with Crippen molar-refractivity contribution in [3.63, 3.8) is 0 Å². The molecule has 0 aromatic carbocycles. The van der Waals surface area contributed by atoms with Gasteiger partial charge in [-0.05, 0) is 6.42 Å². The normalized spacial score (nSPS) is 10.8. The number of pyridine rings is 1. The lowest BCUT2D eigenvalue weighted by atomic mass is 10.1. The molecule has 0 aliphatic heterocycles. The molecule has 0 unspecified atom stereocenters. The first kappa shape index (κ1) is 20.1. The van der Waals surface area contributed by atoms with Crippen LogP contribution in [0.3, 0.4) is 0 Å². The molecule has 0 atom stereocenters. The SMILES string of the molecule is CCCCCCCCCC[n+]1ccccc1.CS(=O)(=O)[O-]. The van der Waals surface area contributed by atoms with Gasteiger partial charge >= 0.3 is 0 Å². The Kier molecular flexibility index (Phi) is 12.2. The molecule has 21 heavy (non-hydrogen) atoms. The van der Waals surface area contributed by atoms with Crippen LogP contribution in [0, 0.1) is 0 Å². The number of rotatable bonds is 9. The molecule has 1 rings (SSSR count). The van der Waals surface area contributed by atoms with E-state index in [1.54, 1.807) is 0 Å². The van der Waals surface area contributed by atoms with E-state index in [-0.39, 0.29) is 0 Å². The summed E-state index contributed by atoms with van der Waals surface area (Å²) in [6.45, 7) is 3.45. The Labute approximate surface area is 130 Å². The van der Waals surface area contributed by atoms with Crippen LogP contribution in [0.25, 0.3) is 0 Å². The van der Waals surface area contributed by atoms with E-state index in [0.29, 0.717) is 6.26 Å². The summed E-state index contributed by atoms with van der Waals surface area (Å²) in [5.41, 5.74) is 0. The Hall–Kier alpha value is -0.940. The number of aromatic nitrogens is 1. The average molecular weight is 315 g/mol. The van der Waals surface area contributed by atoms with Gasteiger partial charge in [0.1, 0.15) is 6.54 Å². The van der Waals surface area contributed by atoms with Crippen molar-refractivity contribution >= 4 is 10.1 Å². The van der Waals surface area contributed by atoms with Crippen LogP contribution < -0.4 is 4.57 Å². The van der Waals surface area contributed by atoms with E-state index in [1.165, 1.54) is 57.9 Å². The Bertz CT molecular complexity index is 424. The van der Waals surface area contributed by atoms with Gasteiger partial charge in [-0.3, -0.25) is 0 Å². The van der Waals surface area contributed by atoms with Crippen molar-refractivity contribution in [2.24, 2.45) is 0 Å². The van der Waals surface area contributed by atoms with Crippen molar-refractivity contribution in [2.75, 3.05) is 6.26 Å². The summed E-state index contributed by atoms with van der Waals surface area (Å²) in [5, 5.41) is 0. The van der Waals surface area contributed by atoms with E-state index in [4.69, 9.17) is 13.0 Å². The van der Waals surface area contributed by atoms with Gasteiger partial charge in [0, 0.05) is 24.8 Å². The minimum Gasteiger partial charge on any atom is -0.748 e. The quantitative estimate of drug-likeness (QED) is 0.399. The van der Waals surface area contributed by atoms with Crippen LogP contribution in [0.15, 0.2) is 30.6 Å². The van der Waals surface area contributed by atoms with Crippen molar-refractivity contribution in [2.45, 2.75) is 64.8 Å². The highest BCUT2D eigenvalue weighted by Crippen LogP contribution is 2.08. The maximum Gasteiger partial charge on any atom is 0.168 e. The zero-order valence-electron chi connectivity index (χ0n) is 13.3. The van der Waals surface area contributed by atoms with Gasteiger partial charge in [0.05, 0.1) is 10.1 Å². The highest BCUT2D eigenvalue weighted by Gasteiger charge is 1.97. The summed E-state index contributed by atoms with van der Waals surface area (Å²) in [4.78, 5) is 0. The van der Waals surface area contributed by atoms with Crippen LogP contribution in [0.1, 0.15) is 58.3 Å². The van der Waals surface area contributed by atoms with Crippen LogP contribution >= 0.6 is 0 Å². The molecule has 0 radical (unpaired) electrons. The molecular formula is C16H29NO3S. The molecule has 0 spiro atoms. The Morgan fingerprint density at radius 1 is 0.857 bits per heavy atom. The van der Waals surface area contributed by atoms with Crippen LogP contribution in [-0.2, 0) is 16.7 Å². The first-order chi connectivity index (χ1) is 9.93. The van der Waals surface area contributed by atoms with E-state index in [1.807, 2.05) is 0 Å². The zero-order valence-corrected chi connectivity index (χ0v) is 14.1. The smallest absolute Gasteiger partial charge is 0.168 e. The molecule has 0 fully saturated rings. The molecule has 0 N–H and O–H groups in total. The third-order valence-electron chi connectivity index (χ3n) is 3.05. The Balaban J connectivity index is 0.000000690. The molecule has 4 nitrogen and oxygen atoms in total. The minimum atomic E-state index is -3.92. The van der Waals surface area contributed by atoms with Gasteiger partial charge in [0.15, 0.2) is 12.4 Å². The fraction of sp³-hybridized carbons (Fsp3) is 0.688. The maximum atomic E-state index is 9.08. The van der Waals surface area contributed by atoms with E-state index in [2.05, 4.69) is 42.1 Å². The standard InChI is InChI=1S/C15H26N.CH4O3S/c1-2-3-4-5-6-7-8-10-13-16-14-11-9-12-15-16;1-5(2,3)4/h9,11-12,14-15H,2-8,10,13H2,1H3;1H3,(H,2,3,4)/q+1;/p-1. The summed E-state index contributed by atoms with van der Waals surface area (Å²) in [6, 6.07) is 6.28. The summed E-state index contributed by atoms with van der Waals surface area (Å²) >= 11 is 0. The summed E-state index contributed by atoms with van der Waals surface area (Å²) in [7, 11) is -3.92. The number of nitrogens with zero attached hydrogens (tertiary/aromatic N) is 1. The Morgan fingerprint density at radius 3 is 1.76 bits per heavy atom. The van der Waals surface area contributed by atoms with E-state index < -0.39 is 10.1 Å². The summed E-state index contributed by atoms with van der Waals surface area (Å²) in [6.07, 6.45) is 16.1. The second-order valence-electron chi connectivity index (χ2n) is 5.29. The average Bonchev–Trinajstić information content (AvgIpc) is 2.41. The number of hydrogen-bond donors (Lipinski definition) is 0. The van der Waals surface area contributed by atoms with Gasteiger partial charge in [-0.1, -0.05) is 51.5 Å². The van der Waals surface area contributed by atoms with Crippen molar-refractivity contribution in [3.05, 3.63) is 30.6 Å². The fourth-order valence-electron chi connectivity index (χ4n) is 2.01. The van der Waals surface area contributed by atoms with E-state index in [9.17, 15) is 0 Å². The molecule has 1 heterocycles. The highest BCUT2D eigenvalue weighted by atomic mass is 32.2. The monoisotopic (exact) mass is 315 g/mol. The molecular weight excluding hydrogens is 286 g/mol. The third-order valence-corrected chi connectivity index (χ3v) is 3.05. The zero-order chi connectivity index (χ0) is 16.0. The summed E-state index contributed by atoms with van der Waals surface area (Å²) in [5.74, 6) is 0. The molecule has 0 aliphatic carbocycles. The molecule has 0 amide bonds. The van der Waals surface area contributed by atoms with Crippen molar-refractivity contribution in [1.82, 2.24) is 0 Å². The van der Waals surface area contributed by atoms with Crippen molar-refractivity contribution in [1.29, 1.82) is 0 Å². The van der Waals surface area contributed by atoms with Gasteiger partial charge in [-0.25, -0.2) is 13.0 Å². The van der Waals surface area contributed by atoms with E-state index >= 15 is 0 Å². The largest absolute Gasteiger partial charge is 0.748 e. The number of hydrogen-bond acceptors (Lipinski definition) is 3. The summed E-state index contributed by atoms with van der Waals surface area (Å²) < 4.78 is 29.5. The first-order valence-electron chi connectivity index (χ1n) is 7.78. The van der Waals surface area contributed by atoms with Crippen LogP contribution in [-0.4, -0.2) is 19.2 Å². The topological polar surface area (TPSA) is 61.1 Å².